The Balaban J connectivity index is 2.25. The number of carbonyl (C=O) groups is 2. The van der Waals surface area contributed by atoms with Crippen molar-refractivity contribution in [3.63, 3.8) is 0 Å². The van der Waals surface area contributed by atoms with Crippen LogP contribution in [0, 0.1) is 0 Å². The van der Waals surface area contributed by atoms with Crippen molar-refractivity contribution in [1.29, 1.82) is 0 Å². The molecular formula is C17H24O4. The van der Waals surface area contributed by atoms with Gasteiger partial charge in [0.15, 0.2) is 5.78 Å². The van der Waals surface area contributed by atoms with Gasteiger partial charge in [-0.25, -0.2) is 4.79 Å². The van der Waals surface area contributed by atoms with E-state index in [4.69, 9.17) is 4.74 Å². The second-order valence-electron chi connectivity index (χ2n) is 5.12. The van der Waals surface area contributed by atoms with Crippen LogP contribution in [0.25, 0.3) is 0 Å². The molecule has 1 aromatic carbocycles. The number of unbranched alkanes of at least 4 members (excludes halogenated alkanes) is 5. The number of ether oxygens (including phenoxy) is 1. The van der Waals surface area contributed by atoms with E-state index in [0.717, 1.165) is 12.8 Å². The molecule has 0 heterocycles. The van der Waals surface area contributed by atoms with Crippen molar-refractivity contribution in [2.75, 3.05) is 0 Å². The summed E-state index contributed by atoms with van der Waals surface area (Å²) in [6.07, 6.45) is 4.85. The van der Waals surface area contributed by atoms with Crippen LogP contribution in [0.2, 0.25) is 0 Å². The third kappa shape index (κ3) is 7.04. The first kappa shape index (κ1) is 17.4. The number of para-hydroxylation sites is 1. The quantitative estimate of drug-likeness (QED) is 0.311. The molecular weight excluding hydrogens is 268 g/mol. The van der Waals surface area contributed by atoms with E-state index in [0.29, 0.717) is 12.2 Å². The molecule has 0 aliphatic rings. The van der Waals surface area contributed by atoms with Crippen molar-refractivity contribution >= 4 is 11.8 Å². The smallest absolute Gasteiger partial charge is 0.348 e. The lowest BCUT2D eigenvalue weighted by atomic mass is 10.1. The van der Waals surface area contributed by atoms with E-state index in [1.807, 2.05) is 0 Å². The minimum absolute atomic E-state index is 0.219. The van der Waals surface area contributed by atoms with Gasteiger partial charge in [0.25, 0.3) is 0 Å². The van der Waals surface area contributed by atoms with Gasteiger partial charge in [-0.15, -0.1) is 0 Å². The van der Waals surface area contributed by atoms with Crippen LogP contribution in [0.4, 0.5) is 0 Å². The molecule has 0 saturated carbocycles. The average Bonchev–Trinajstić information content (AvgIpc) is 2.50. The van der Waals surface area contributed by atoms with E-state index in [1.165, 1.54) is 19.3 Å². The maximum absolute atomic E-state index is 11.7. The van der Waals surface area contributed by atoms with Gasteiger partial charge in [-0.05, 0) is 18.6 Å². The van der Waals surface area contributed by atoms with Gasteiger partial charge >= 0.3 is 5.97 Å². The maximum atomic E-state index is 11.7. The summed E-state index contributed by atoms with van der Waals surface area (Å²) < 4.78 is 4.95. The molecule has 0 saturated heterocycles. The molecule has 4 nitrogen and oxygen atoms in total. The van der Waals surface area contributed by atoms with Crippen LogP contribution >= 0.6 is 0 Å². The minimum Gasteiger partial charge on any atom is -0.424 e. The second-order valence-corrected chi connectivity index (χ2v) is 5.12. The van der Waals surface area contributed by atoms with Crippen molar-refractivity contribution in [3.05, 3.63) is 30.3 Å². The highest BCUT2D eigenvalue weighted by Crippen LogP contribution is 2.11. The molecule has 0 aliphatic heterocycles. The zero-order valence-corrected chi connectivity index (χ0v) is 12.6. The predicted molar refractivity (Wildman–Crippen MR) is 81.1 cm³/mol. The van der Waals surface area contributed by atoms with Crippen molar-refractivity contribution in [2.45, 2.75) is 58.0 Å². The topological polar surface area (TPSA) is 63.6 Å². The zero-order chi connectivity index (χ0) is 15.5. The van der Waals surface area contributed by atoms with Crippen LogP contribution in [0.3, 0.4) is 0 Å². The van der Waals surface area contributed by atoms with Crippen LogP contribution in [0.5, 0.6) is 5.75 Å². The van der Waals surface area contributed by atoms with Gasteiger partial charge in [0, 0.05) is 6.42 Å². The summed E-state index contributed by atoms with van der Waals surface area (Å²) in [5.74, 6) is -1.04. The van der Waals surface area contributed by atoms with Crippen LogP contribution in [-0.2, 0) is 9.59 Å². The Morgan fingerprint density at radius 3 is 2.33 bits per heavy atom. The van der Waals surface area contributed by atoms with Gasteiger partial charge in [-0.3, -0.25) is 4.79 Å². The number of Topliss-reactive ketones (excluding diaryl/α,β-unsaturated/α-hetero) is 1. The first-order valence-corrected chi connectivity index (χ1v) is 7.62. The molecule has 0 bridgehead atoms. The molecule has 1 N–H and O–H groups in total. The van der Waals surface area contributed by atoms with Crippen molar-refractivity contribution in [1.82, 2.24) is 0 Å². The molecule has 1 aromatic rings. The van der Waals surface area contributed by atoms with E-state index in [1.54, 1.807) is 30.3 Å². The Morgan fingerprint density at radius 1 is 1.05 bits per heavy atom. The summed E-state index contributed by atoms with van der Waals surface area (Å²) >= 11 is 0. The molecule has 0 spiro atoms. The van der Waals surface area contributed by atoms with Crippen LogP contribution in [-0.4, -0.2) is 23.0 Å². The van der Waals surface area contributed by atoms with Crippen molar-refractivity contribution in [2.24, 2.45) is 0 Å². The summed E-state index contributed by atoms with van der Waals surface area (Å²) in [5, 5.41) is 9.66. The van der Waals surface area contributed by atoms with E-state index in [2.05, 4.69) is 6.92 Å². The summed E-state index contributed by atoms with van der Waals surface area (Å²) in [6, 6.07) is 8.42. The highest BCUT2D eigenvalue weighted by molar-refractivity contribution is 6.02. The molecule has 0 aliphatic carbocycles. The van der Waals surface area contributed by atoms with E-state index in [-0.39, 0.29) is 6.42 Å². The number of ketones is 1. The Labute approximate surface area is 126 Å². The number of esters is 1. The Morgan fingerprint density at radius 2 is 1.67 bits per heavy atom. The third-order valence-corrected chi connectivity index (χ3v) is 3.27. The van der Waals surface area contributed by atoms with E-state index < -0.39 is 17.9 Å². The monoisotopic (exact) mass is 292 g/mol. The molecule has 1 atom stereocenters. The highest BCUT2D eigenvalue weighted by atomic mass is 16.5. The lowest BCUT2D eigenvalue weighted by molar-refractivity contribution is -0.149. The number of hydrogen-bond donors (Lipinski definition) is 1. The van der Waals surface area contributed by atoms with E-state index >= 15 is 0 Å². The molecule has 0 amide bonds. The number of aliphatic hydroxyl groups excluding tert-OH is 1. The number of benzene rings is 1. The molecule has 116 valence electrons. The summed E-state index contributed by atoms with van der Waals surface area (Å²) in [6.45, 7) is 2.15. The Bertz CT molecular complexity index is 428. The van der Waals surface area contributed by atoms with Gasteiger partial charge in [-0.1, -0.05) is 57.2 Å². The molecule has 4 heteroatoms. The standard InChI is InChI=1S/C17H24O4/c1-2-3-4-5-6-10-13-15(18)16(19)17(20)21-14-11-8-7-9-12-14/h7-9,11-12,16,19H,2-6,10,13H2,1H3. The fraction of sp³-hybridized carbons (Fsp3) is 0.529. The predicted octanol–water partition coefficient (Wildman–Crippen LogP) is 3.27. The maximum Gasteiger partial charge on any atom is 0.348 e. The van der Waals surface area contributed by atoms with Gasteiger partial charge < -0.3 is 9.84 Å². The third-order valence-electron chi connectivity index (χ3n) is 3.27. The Kier molecular flexibility index (Phi) is 8.36. The Hall–Kier alpha value is -1.68. The molecule has 0 radical (unpaired) electrons. The van der Waals surface area contributed by atoms with E-state index in [9.17, 15) is 14.7 Å². The summed E-state index contributed by atoms with van der Waals surface area (Å²) in [7, 11) is 0. The van der Waals surface area contributed by atoms with Gasteiger partial charge in [0.2, 0.25) is 6.10 Å². The fourth-order valence-electron chi connectivity index (χ4n) is 2.01. The van der Waals surface area contributed by atoms with Crippen LogP contribution in [0.15, 0.2) is 30.3 Å². The highest BCUT2D eigenvalue weighted by Gasteiger charge is 2.25. The second kappa shape index (κ2) is 10.1. The van der Waals surface area contributed by atoms with Crippen molar-refractivity contribution < 1.29 is 19.4 Å². The normalized spacial score (nSPS) is 11.9. The number of aliphatic hydroxyl groups is 1. The molecule has 0 aromatic heterocycles. The lowest BCUT2D eigenvalue weighted by Gasteiger charge is -2.09. The van der Waals surface area contributed by atoms with Gasteiger partial charge in [-0.2, -0.15) is 0 Å². The first-order chi connectivity index (χ1) is 10.1. The molecule has 1 unspecified atom stereocenters. The fourth-order valence-corrected chi connectivity index (χ4v) is 2.01. The molecule has 1 rings (SSSR count). The largest absolute Gasteiger partial charge is 0.424 e. The summed E-state index contributed by atoms with van der Waals surface area (Å²) in [5.41, 5.74) is 0. The van der Waals surface area contributed by atoms with Crippen LogP contribution < -0.4 is 4.74 Å². The summed E-state index contributed by atoms with van der Waals surface area (Å²) in [4.78, 5) is 23.3. The van der Waals surface area contributed by atoms with Crippen LogP contribution in [0.1, 0.15) is 51.9 Å². The lowest BCUT2D eigenvalue weighted by Crippen LogP contribution is -2.33. The zero-order valence-electron chi connectivity index (χ0n) is 12.6. The minimum atomic E-state index is -1.68. The molecule has 0 fully saturated rings. The van der Waals surface area contributed by atoms with Gasteiger partial charge in [0.05, 0.1) is 0 Å². The first-order valence-electron chi connectivity index (χ1n) is 7.62. The SMILES string of the molecule is CCCCCCCCC(=O)C(O)C(=O)Oc1ccccc1. The average molecular weight is 292 g/mol. The number of rotatable bonds is 10. The number of carbonyl (C=O) groups excluding carboxylic acids is 2. The van der Waals surface area contributed by atoms with Crippen molar-refractivity contribution in [3.8, 4) is 5.75 Å². The van der Waals surface area contributed by atoms with Gasteiger partial charge in [0.1, 0.15) is 5.75 Å². The molecule has 21 heavy (non-hydrogen) atoms. The number of hydrogen-bond acceptors (Lipinski definition) is 4.